The highest BCUT2D eigenvalue weighted by Crippen LogP contribution is 2.09. The van der Waals surface area contributed by atoms with Crippen LogP contribution in [0.2, 0.25) is 0 Å². The van der Waals surface area contributed by atoms with Crippen LogP contribution in [0.25, 0.3) is 0 Å². The van der Waals surface area contributed by atoms with Gasteiger partial charge in [0, 0.05) is 37.4 Å². The van der Waals surface area contributed by atoms with Gasteiger partial charge in [-0.25, -0.2) is 4.39 Å². The van der Waals surface area contributed by atoms with Crippen LogP contribution in [0.4, 0.5) is 10.1 Å². The van der Waals surface area contributed by atoms with E-state index in [0.29, 0.717) is 37.4 Å². The molecule has 8 heteroatoms. The van der Waals surface area contributed by atoms with Crippen LogP contribution in [-0.2, 0) is 9.59 Å². The van der Waals surface area contributed by atoms with Gasteiger partial charge in [-0.05, 0) is 36.4 Å². The van der Waals surface area contributed by atoms with Crippen LogP contribution in [0.1, 0.15) is 10.4 Å². The summed E-state index contributed by atoms with van der Waals surface area (Å²) in [5.41, 5.74) is 1.05. The van der Waals surface area contributed by atoms with Crippen molar-refractivity contribution in [2.45, 2.75) is 0 Å². The number of hydrogen-bond acceptors (Lipinski definition) is 4. The van der Waals surface area contributed by atoms with Crippen molar-refractivity contribution in [3.63, 3.8) is 0 Å². The van der Waals surface area contributed by atoms with Crippen molar-refractivity contribution < 1.29 is 18.8 Å². The van der Waals surface area contributed by atoms with Gasteiger partial charge >= 0.3 is 0 Å². The van der Waals surface area contributed by atoms with Crippen LogP contribution in [-0.4, -0.2) is 66.8 Å². The van der Waals surface area contributed by atoms with Gasteiger partial charge in [0.15, 0.2) is 0 Å². The number of halogens is 1. The van der Waals surface area contributed by atoms with Crippen molar-refractivity contribution in [3.8, 4) is 0 Å². The average molecular weight is 398 g/mol. The molecule has 1 fully saturated rings. The average Bonchev–Trinajstić information content (AvgIpc) is 2.74. The molecule has 0 aromatic heterocycles. The highest BCUT2D eigenvalue weighted by molar-refractivity contribution is 5.96. The van der Waals surface area contributed by atoms with Crippen LogP contribution < -0.4 is 10.6 Å². The number of carbonyl (C=O) groups excluding carboxylic acids is 3. The molecule has 2 N–H and O–H groups in total. The first kappa shape index (κ1) is 20.5. The summed E-state index contributed by atoms with van der Waals surface area (Å²) in [6, 6.07) is 14.3. The molecule has 0 saturated carbocycles. The Bertz CT molecular complexity index is 850. The summed E-state index contributed by atoms with van der Waals surface area (Å²) in [6.07, 6.45) is 0. The second-order valence-corrected chi connectivity index (χ2v) is 6.76. The summed E-state index contributed by atoms with van der Waals surface area (Å²) in [4.78, 5) is 40.1. The maximum atomic E-state index is 12.9. The topological polar surface area (TPSA) is 81.8 Å². The zero-order chi connectivity index (χ0) is 20.6. The summed E-state index contributed by atoms with van der Waals surface area (Å²) in [5.74, 6) is -0.977. The Balaban J connectivity index is 1.38. The van der Waals surface area contributed by atoms with Gasteiger partial charge in [-0.1, -0.05) is 18.2 Å². The van der Waals surface area contributed by atoms with E-state index in [1.807, 2.05) is 11.0 Å². The molecule has 0 unspecified atom stereocenters. The van der Waals surface area contributed by atoms with E-state index in [1.54, 1.807) is 29.2 Å². The van der Waals surface area contributed by atoms with Gasteiger partial charge in [-0.3, -0.25) is 19.3 Å². The minimum atomic E-state index is -0.358. The van der Waals surface area contributed by atoms with Crippen molar-refractivity contribution in [1.82, 2.24) is 15.1 Å². The molecule has 1 heterocycles. The van der Waals surface area contributed by atoms with Gasteiger partial charge < -0.3 is 15.5 Å². The minimum Gasteiger partial charge on any atom is -0.343 e. The molecule has 0 spiro atoms. The second-order valence-electron chi connectivity index (χ2n) is 6.76. The molecule has 0 bridgehead atoms. The van der Waals surface area contributed by atoms with Crippen molar-refractivity contribution >= 4 is 23.4 Å². The quantitative estimate of drug-likeness (QED) is 0.770. The van der Waals surface area contributed by atoms with E-state index in [0.717, 1.165) is 0 Å². The third-order valence-corrected chi connectivity index (χ3v) is 4.66. The molecular formula is C21H23FN4O3. The molecule has 2 aromatic carbocycles. The monoisotopic (exact) mass is 398 g/mol. The maximum Gasteiger partial charge on any atom is 0.251 e. The highest BCUT2D eigenvalue weighted by atomic mass is 19.1. The molecule has 0 atom stereocenters. The number of amides is 3. The van der Waals surface area contributed by atoms with Crippen molar-refractivity contribution in [2.24, 2.45) is 0 Å². The number of carbonyl (C=O) groups is 3. The Morgan fingerprint density at radius 3 is 2.21 bits per heavy atom. The summed E-state index contributed by atoms with van der Waals surface area (Å²) in [5, 5.41) is 5.36. The first-order valence-electron chi connectivity index (χ1n) is 9.40. The lowest BCUT2D eigenvalue weighted by atomic mass is 10.2. The third-order valence-electron chi connectivity index (χ3n) is 4.66. The number of piperazine rings is 1. The maximum absolute atomic E-state index is 12.9. The van der Waals surface area contributed by atoms with Crippen LogP contribution in [0, 0.1) is 5.82 Å². The van der Waals surface area contributed by atoms with Crippen molar-refractivity contribution in [1.29, 1.82) is 0 Å². The van der Waals surface area contributed by atoms with Gasteiger partial charge in [-0.2, -0.15) is 0 Å². The van der Waals surface area contributed by atoms with Gasteiger partial charge in [0.05, 0.1) is 13.1 Å². The first-order chi connectivity index (χ1) is 14.0. The van der Waals surface area contributed by atoms with Gasteiger partial charge in [0.2, 0.25) is 11.8 Å². The number of rotatable bonds is 6. The van der Waals surface area contributed by atoms with Crippen molar-refractivity contribution in [3.05, 3.63) is 66.0 Å². The number of nitrogens with zero attached hydrogens (tertiary/aromatic N) is 2. The molecule has 7 nitrogen and oxygen atoms in total. The molecule has 1 saturated heterocycles. The summed E-state index contributed by atoms with van der Waals surface area (Å²) in [7, 11) is 0. The molecule has 0 aliphatic carbocycles. The molecule has 3 rings (SSSR count). The van der Waals surface area contributed by atoms with E-state index in [-0.39, 0.29) is 36.6 Å². The Morgan fingerprint density at radius 2 is 1.55 bits per heavy atom. The third kappa shape index (κ3) is 6.11. The lowest BCUT2D eigenvalue weighted by Gasteiger charge is -2.34. The Kier molecular flexibility index (Phi) is 6.91. The Morgan fingerprint density at radius 1 is 0.897 bits per heavy atom. The fourth-order valence-electron chi connectivity index (χ4n) is 3.05. The number of hydrogen-bond donors (Lipinski definition) is 2. The Labute approximate surface area is 168 Å². The van der Waals surface area contributed by atoms with E-state index in [4.69, 9.17) is 0 Å². The molecule has 1 aliphatic rings. The van der Waals surface area contributed by atoms with E-state index in [9.17, 15) is 18.8 Å². The van der Waals surface area contributed by atoms with Gasteiger partial charge in [0.25, 0.3) is 5.91 Å². The fourth-order valence-corrected chi connectivity index (χ4v) is 3.05. The molecular weight excluding hydrogens is 375 g/mol. The predicted octanol–water partition coefficient (Wildman–Crippen LogP) is 1.34. The zero-order valence-electron chi connectivity index (χ0n) is 15.9. The molecule has 3 amide bonds. The van der Waals surface area contributed by atoms with E-state index in [1.165, 1.54) is 24.3 Å². The molecule has 29 heavy (non-hydrogen) atoms. The minimum absolute atomic E-state index is 0.0568. The van der Waals surface area contributed by atoms with Crippen LogP contribution in [0.5, 0.6) is 0 Å². The van der Waals surface area contributed by atoms with E-state index < -0.39 is 0 Å². The van der Waals surface area contributed by atoms with Crippen molar-refractivity contribution in [2.75, 3.05) is 44.6 Å². The normalized spacial score (nSPS) is 14.3. The number of benzene rings is 2. The van der Waals surface area contributed by atoms with Gasteiger partial charge in [0.1, 0.15) is 5.82 Å². The number of anilines is 1. The summed E-state index contributed by atoms with van der Waals surface area (Å²) in [6.45, 7) is 2.25. The van der Waals surface area contributed by atoms with E-state index in [2.05, 4.69) is 10.6 Å². The van der Waals surface area contributed by atoms with E-state index >= 15 is 0 Å². The lowest BCUT2D eigenvalue weighted by molar-refractivity contribution is -0.132. The van der Waals surface area contributed by atoms with Crippen LogP contribution in [0.15, 0.2) is 54.6 Å². The largest absolute Gasteiger partial charge is 0.343 e. The Hall–Kier alpha value is -3.26. The second kappa shape index (κ2) is 9.79. The summed E-state index contributed by atoms with van der Waals surface area (Å²) < 4.78 is 12.9. The molecule has 1 aliphatic heterocycles. The fraction of sp³-hybridized carbons (Fsp3) is 0.286. The SMILES string of the molecule is O=C(CN1CCN(C(=O)CNC(=O)c2ccccc2)CC1)Nc1ccc(F)cc1. The lowest BCUT2D eigenvalue weighted by Crippen LogP contribution is -2.52. The predicted molar refractivity (Wildman–Crippen MR) is 107 cm³/mol. The summed E-state index contributed by atoms with van der Waals surface area (Å²) >= 11 is 0. The first-order valence-corrected chi connectivity index (χ1v) is 9.40. The standard InChI is InChI=1S/C21H23FN4O3/c22-17-6-8-18(9-7-17)24-19(27)15-25-10-12-26(13-11-25)20(28)14-23-21(29)16-4-2-1-3-5-16/h1-9H,10-15H2,(H,23,29)(H,24,27). The van der Waals surface area contributed by atoms with Crippen LogP contribution in [0.3, 0.4) is 0 Å². The molecule has 2 aromatic rings. The van der Waals surface area contributed by atoms with Crippen LogP contribution >= 0.6 is 0 Å². The zero-order valence-corrected chi connectivity index (χ0v) is 15.9. The smallest absolute Gasteiger partial charge is 0.251 e. The molecule has 152 valence electrons. The highest BCUT2D eigenvalue weighted by Gasteiger charge is 2.22. The molecule has 0 radical (unpaired) electrons. The van der Waals surface area contributed by atoms with Gasteiger partial charge in [-0.15, -0.1) is 0 Å². The number of nitrogens with one attached hydrogen (secondary N) is 2.